The van der Waals surface area contributed by atoms with Gasteiger partial charge in [0.15, 0.2) is 0 Å². The van der Waals surface area contributed by atoms with Crippen molar-refractivity contribution in [3.63, 3.8) is 0 Å². The summed E-state index contributed by atoms with van der Waals surface area (Å²) in [4.78, 5) is 48.0. The molecule has 38 heavy (non-hydrogen) atoms. The first-order chi connectivity index (χ1) is 18.5. The van der Waals surface area contributed by atoms with Gasteiger partial charge in [-0.05, 0) is 18.4 Å². The van der Waals surface area contributed by atoms with E-state index in [1.54, 1.807) is 16.7 Å². The van der Waals surface area contributed by atoms with Crippen molar-refractivity contribution in [1.29, 1.82) is 0 Å². The number of hydrogen-bond acceptors (Lipinski definition) is 5. The summed E-state index contributed by atoms with van der Waals surface area (Å²) in [6.45, 7) is 5.99. The number of fused-ring (bicyclic) bond motifs is 2. The third-order valence-electron chi connectivity index (χ3n) is 8.59. The molecule has 1 aromatic carbocycles. The lowest BCUT2D eigenvalue weighted by atomic mass is 9.78. The normalized spacial score (nSPS) is 31.2. The molecule has 4 aliphatic rings. The van der Waals surface area contributed by atoms with E-state index in [4.69, 9.17) is 0 Å². The first-order valence-corrected chi connectivity index (χ1v) is 14.9. The van der Waals surface area contributed by atoms with E-state index in [1.165, 1.54) is 0 Å². The van der Waals surface area contributed by atoms with E-state index in [-0.39, 0.29) is 29.6 Å². The number of hydrogen-bond donors (Lipinski definition) is 1. The molecule has 0 aromatic heterocycles. The number of likely N-dealkylation sites (tertiary alicyclic amines) is 1. The third-order valence-corrected chi connectivity index (χ3v) is 10.3. The summed E-state index contributed by atoms with van der Waals surface area (Å²) < 4.78 is -0.832. The molecule has 7 nitrogen and oxygen atoms in total. The highest BCUT2D eigenvalue weighted by molar-refractivity contribution is 8.02. The fourth-order valence-electron chi connectivity index (χ4n) is 6.68. The van der Waals surface area contributed by atoms with Crippen molar-refractivity contribution in [2.45, 2.75) is 68.2 Å². The Balaban J connectivity index is 1.53. The Labute approximate surface area is 229 Å². The molecule has 0 aliphatic carbocycles. The van der Waals surface area contributed by atoms with Crippen molar-refractivity contribution in [1.82, 2.24) is 14.7 Å². The fourth-order valence-corrected chi connectivity index (χ4v) is 8.68. The maximum atomic E-state index is 14.3. The molecule has 3 amide bonds. The molecule has 4 heterocycles. The van der Waals surface area contributed by atoms with Crippen LogP contribution in [0.25, 0.3) is 0 Å². The number of benzene rings is 1. The van der Waals surface area contributed by atoms with Crippen LogP contribution in [0.5, 0.6) is 0 Å². The van der Waals surface area contributed by atoms with Crippen molar-refractivity contribution < 1.29 is 19.5 Å². The summed E-state index contributed by atoms with van der Waals surface area (Å²) in [6, 6.07) is 8.73. The minimum absolute atomic E-state index is 0.0332. The zero-order valence-corrected chi connectivity index (χ0v) is 23.2. The van der Waals surface area contributed by atoms with Gasteiger partial charge in [0, 0.05) is 31.4 Å². The Morgan fingerprint density at radius 1 is 1.00 bits per heavy atom. The zero-order valence-electron chi connectivity index (χ0n) is 22.4. The molecule has 5 rings (SSSR count). The number of thioether (sulfide) groups is 1. The first-order valence-electron chi connectivity index (χ1n) is 14.0. The van der Waals surface area contributed by atoms with Gasteiger partial charge in [0.2, 0.25) is 17.7 Å². The van der Waals surface area contributed by atoms with Gasteiger partial charge < -0.3 is 19.8 Å². The molecular weight excluding hydrogens is 498 g/mol. The third kappa shape index (κ3) is 4.49. The van der Waals surface area contributed by atoms with Crippen molar-refractivity contribution in [2.24, 2.45) is 11.8 Å². The van der Waals surface area contributed by atoms with Crippen LogP contribution in [0.4, 0.5) is 0 Å². The van der Waals surface area contributed by atoms with E-state index in [9.17, 15) is 19.5 Å². The van der Waals surface area contributed by atoms with Crippen LogP contribution < -0.4 is 0 Å². The Morgan fingerprint density at radius 3 is 2.47 bits per heavy atom. The van der Waals surface area contributed by atoms with Crippen molar-refractivity contribution in [3.05, 3.63) is 60.2 Å². The number of carbonyl (C=O) groups is 3. The monoisotopic (exact) mass is 537 g/mol. The zero-order chi connectivity index (χ0) is 26.9. The number of carbonyl (C=O) groups excluding carboxylic acids is 3. The van der Waals surface area contributed by atoms with Gasteiger partial charge in [-0.25, -0.2) is 0 Å². The van der Waals surface area contributed by atoms with Gasteiger partial charge in [-0.2, -0.15) is 0 Å². The highest BCUT2D eigenvalue weighted by atomic mass is 32.2. The predicted octanol–water partition coefficient (Wildman–Crippen LogP) is 3.24. The molecule has 0 bridgehead atoms. The number of amides is 3. The lowest BCUT2D eigenvalue weighted by Crippen LogP contribution is -2.56. The average molecular weight is 538 g/mol. The van der Waals surface area contributed by atoms with Crippen LogP contribution in [0.3, 0.4) is 0 Å². The van der Waals surface area contributed by atoms with Gasteiger partial charge in [0.05, 0.1) is 29.2 Å². The Morgan fingerprint density at radius 2 is 1.76 bits per heavy atom. The Kier molecular flexibility index (Phi) is 8.00. The molecule has 4 aliphatic heterocycles. The molecule has 1 N–H and O–H groups in total. The molecule has 6 atom stereocenters. The summed E-state index contributed by atoms with van der Waals surface area (Å²) in [5, 5.41) is 10.1. The summed E-state index contributed by atoms with van der Waals surface area (Å²) in [6.07, 6.45) is 11.8. The molecule has 0 saturated carbocycles. The summed E-state index contributed by atoms with van der Waals surface area (Å²) in [7, 11) is 0. The van der Waals surface area contributed by atoms with E-state index in [0.717, 1.165) is 24.8 Å². The molecule has 204 valence electrons. The smallest absolute Gasteiger partial charge is 0.247 e. The van der Waals surface area contributed by atoms with Crippen LogP contribution in [0.1, 0.15) is 45.1 Å². The molecule has 2 saturated heterocycles. The minimum atomic E-state index is -0.832. The molecule has 1 unspecified atom stereocenters. The SMILES string of the molecule is CCCCCN1CC=C[C@]23S[C@H]4C=CCN(Cc5ccccc5)C(=O)[C@H]4[C@H]2C(=O)N([C@@H](CC)CO)C3C1=O. The molecular formula is C30H39N3O4S. The Bertz CT molecular complexity index is 1100. The number of aliphatic hydroxyl groups excluding tert-OH is 1. The minimum Gasteiger partial charge on any atom is -0.394 e. The van der Waals surface area contributed by atoms with Gasteiger partial charge in [-0.15, -0.1) is 11.8 Å². The largest absolute Gasteiger partial charge is 0.394 e. The predicted molar refractivity (Wildman–Crippen MR) is 149 cm³/mol. The first kappa shape index (κ1) is 27.0. The summed E-state index contributed by atoms with van der Waals surface area (Å²) in [5.74, 6) is -1.47. The topological polar surface area (TPSA) is 81.2 Å². The maximum absolute atomic E-state index is 14.3. The quantitative estimate of drug-likeness (QED) is 0.386. The molecule has 8 heteroatoms. The number of rotatable bonds is 9. The summed E-state index contributed by atoms with van der Waals surface area (Å²) >= 11 is 1.60. The van der Waals surface area contributed by atoms with Crippen LogP contribution in [0, 0.1) is 11.8 Å². The van der Waals surface area contributed by atoms with E-state index < -0.39 is 28.7 Å². The van der Waals surface area contributed by atoms with Crippen molar-refractivity contribution >= 4 is 29.5 Å². The average Bonchev–Trinajstić information content (AvgIpc) is 3.25. The molecule has 0 radical (unpaired) electrons. The lowest BCUT2D eigenvalue weighted by Gasteiger charge is -2.38. The lowest BCUT2D eigenvalue weighted by molar-refractivity contribution is -0.147. The van der Waals surface area contributed by atoms with Crippen molar-refractivity contribution in [3.8, 4) is 0 Å². The highest BCUT2D eigenvalue weighted by Crippen LogP contribution is 2.61. The van der Waals surface area contributed by atoms with Gasteiger partial charge in [0.25, 0.3) is 0 Å². The maximum Gasteiger partial charge on any atom is 0.247 e. The van der Waals surface area contributed by atoms with Crippen LogP contribution in [0.15, 0.2) is 54.6 Å². The van der Waals surface area contributed by atoms with E-state index >= 15 is 0 Å². The van der Waals surface area contributed by atoms with Crippen LogP contribution >= 0.6 is 11.8 Å². The van der Waals surface area contributed by atoms with E-state index in [1.807, 2.05) is 59.2 Å². The van der Waals surface area contributed by atoms with Crippen LogP contribution in [-0.2, 0) is 20.9 Å². The van der Waals surface area contributed by atoms with Crippen LogP contribution in [0.2, 0.25) is 0 Å². The number of unbranched alkanes of at least 4 members (excludes halogenated alkanes) is 2. The van der Waals surface area contributed by atoms with Gasteiger partial charge in [-0.1, -0.05) is 81.3 Å². The molecule has 2 fully saturated rings. The standard InChI is InChI=1S/C30H39N3O4S/c1-3-5-9-16-31-18-11-15-30-25(28(36)33(22(4-2)20-34)26(30)29(31)37)24-23(38-30)14-10-17-32(27(24)35)19-21-12-7-6-8-13-21/h6-8,10-15,22-26,34H,3-5,9,16-20H2,1-2H3/t22-,23-,24+,25-,26?,30-/m0/s1. The molecule has 1 aromatic rings. The second-order valence-corrected chi connectivity index (χ2v) is 12.3. The van der Waals surface area contributed by atoms with Gasteiger partial charge >= 0.3 is 0 Å². The van der Waals surface area contributed by atoms with Gasteiger partial charge in [-0.3, -0.25) is 14.4 Å². The number of nitrogens with zero attached hydrogens (tertiary/aromatic N) is 3. The molecule has 1 spiro atoms. The number of aliphatic hydroxyl groups is 1. The van der Waals surface area contributed by atoms with E-state index in [0.29, 0.717) is 32.6 Å². The van der Waals surface area contributed by atoms with Crippen LogP contribution in [-0.4, -0.2) is 85.8 Å². The second kappa shape index (κ2) is 11.3. The highest BCUT2D eigenvalue weighted by Gasteiger charge is 2.71. The summed E-state index contributed by atoms with van der Waals surface area (Å²) in [5.41, 5.74) is 1.05. The van der Waals surface area contributed by atoms with Gasteiger partial charge in [0.1, 0.15) is 6.04 Å². The van der Waals surface area contributed by atoms with Crippen molar-refractivity contribution in [2.75, 3.05) is 26.2 Å². The fraction of sp³-hybridized carbons (Fsp3) is 0.567. The Hall–Kier alpha value is -2.58. The van der Waals surface area contributed by atoms with E-state index in [2.05, 4.69) is 19.1 Å². The second-order valence-electron chi connectivity index (χ2n) is 10.9.